The van der Waals surface area contributed by atoms with E-state index < -0.39 is 0 Å². The van der Waals surface area contributed by atoms with Crippen LogP contribution in [0.5, 0.6) is 0 Å². The van der Waals surface area contributed by atoms with E-state index >= 15 is 0 Å². The van der Waals surface area contributed by atoms with Crippen molar-refractivity contribution in [1.82, 2.24) is 0 Å². The molecule has 0 heterocycles. The van der Waals surface area contributed by atoms with Gasteiger partial charge >= 0.3 is 59.1 Å². The van der Waals surface area contributed by atoms with Crippen molar-refractivity contribution in [3.63, 3.8) is 0 Å². The van der Waals surface area contributed by atoms with Crippen LogP contribution in [0.1, 0.15) is 0 Å². The maximum absolute atomic E-state index is 0. The molecule has 53 valence electrons. The van der Waals surface area contributed by atoms with Gasteiger partial charge < -0.3 is 0 Å². The number of hydrogen-bond donors (Lipinski definition) is 0. The summed E-state index contributed by atoms with van der Waals surface area (Å²) in [4.78, 5) is 0. The second kappa shape index (κ2) is 68.5. The summed E-state index contributed by atoms with van der Waals surface area (Å²) in [6, 6.07) is 0. The van der Waals surface area contributed by atoms with Gasteiger partial charge in [0.2, 0.25) is 0 Å². The van der Waals surface area contributed by atoms with Gasteiger partial charge in [-0.05, 0) is 0 Å². The monoisotopic (exact) mass is 433 g/mol. The fourth-order valence-corrected chi connectivity index (χ4v) is 0. The molecule has 0 aromatic rings. The molecule has 0 atom stereocenters. The fourth-order valence-electron chi connectivity index (χ4n) is 0. The van der Waals surface area contributed by atoms with Crippen molar-refractivity contribution in [3.05, 3.63) is 0 Å². The molecule has 0 saturated heterocycles. The SMILES string of the molecule is [Mn].[Mn].[Mn].[Mn].[Mn].[Mn].[Mn].[NaH].[NaH]. The molecule has 9 heavy (non-hydrogen) atoms. The molecule has 0 N–H and O–H groups in total. The van der Waals surface area contributed by atoms with Crippen LogP contribution in [0.4, 0.5) is 0 Å². The van der Waals surface area contributed by atoms with Crippen LogP contribution in [0, 0.1) is 0 Å². The predicted octanol–water partition coefficient (Wildman–Crippen LogP) is -1.31. The molecular formula is H2Mn7Na2. The molecule has 9 heteroatoms. The average molecular weight is 433 g/mol. The second-order valence-electron chi connectivity index (χ2n) is 0. The minimum atomic E-state index is 0. The summed E-state index contributed by atoms with van der Waals surface area (Å²) in [5, 5.41) is 0. The second-order valence-corrected chi connectivity index (χ2v) is 0. The Morgan fingerprint density at radius 3 is 0.222 bits per heavy atom. The van der Waals surface area contributed by atoms with Crippen molar-refractivity contribution in [2.45, 2.75) is 0 Å². The molecule has 0 unspecified atom stereocenters. The molecule has 7 radical (unpaired) electrons. The van der Waals surface area contributed by atoms with Gasteiger partial charge in [-0.15, -0.1) is 0 Å². The fraction of sp³-hybridized carbons (Fsp3) is 0. The van der Waals surface area contributed by atoms with Gasteiger partial charge in [-0.3, -0.25) is 0 Å². The molecular weight excluding hydrogens is 431 g/mol. The van der Waals surface area contributed by atoms with Crippen molar-refractivity contribution in [1.29, 1.82) is 0 Å². The molecule has 0 aliphatic carbocycles. The summed E-state index contributed by atoms with van der Waals surface area (Å²) < 4.78 is 0. The minimum absolute atomic E-state index is 0. The zero-order valence-electron chi connectivity index (χ0n) is 2.65. The predicted molar refractivity (Wildman–Crippen MR) is 14.3 cm³/mol. The van der Waals surface area contributed by atoms with Gasteiger partial charge in [0.15, 0.2) is 0 Å². The number of rotatable bonds is 0. The van der Waals surface area contributed by atoms with Crippen LogP contribution in [-0.2, 0) is 119 Å². The van der Waals surface area contributed by atoms with Crippen LogP contribution >= 0.6 is 0 Å². The molecule has 0 nitrogen and oxygen atoms in total. The van der Waals surface area contributed by atoms with Gasteiger partial charge in [-0.2, -0.15) is 0 Å². The van der Waals surface area contributed by atoms with E-state index in [1.165, 1.54) is 0 Å². The third-order valence-electron chi connectivity index (χ3n) is 0. The first-order valence-electron chi connectivity index (χ1n) is 0. The molecule has 0 saturated carbocycles. The summed E-state index contributed by atoms with van der Waals surface area (Å²) >= 11 is 0. The molecule has 0 fully saturated rings. The molecule has 0 amide bonds. The molecule has 0 rings (SSSR count). The van der Waals surface area contributed by atoms with E-state index in [0.29, 0.717) is 0 Å². The van der Waals surface area contributed by atoms with E-state index in [9.17, 15) is 0 Å². The van der Waals surface area contributed by atoms with Gasteiger partial charge in [0, 0.05) is 119 Å². The first kappa shape index (κ1) is 85.7. The Kier molecular flexibility index (Phi) is 652. The molecule has 0 aromatic carbocycles. The summed E-state index contributed by atoms with van der Waals surface area (Å²) in [5.41, 5.74) is 0. The first-order chi connectivity index (χ1) is 0. The maximum atomic E-state index is 0. The Balaban J connectivity index is 0. The van der Waals surface area contributed by atoms with Crippen LogP contribution < -0.4 is 0 Å². The Labute approximate surface area is 174 Å². The first-order valence-corrected chi connectivity index (χ1v) is 0. The van der Waals surface area contributed by atoms with Crippen molar-refractivity contribution in [3.8, 4) is 0 Å². The van der Waals surface area contributed by atoms with Crippen LogP contribution in [-0.4, -0.2) is 59.1 Å². The Hall–Kier alpha value is 5.64. The van der Waals surface area contributed by atoms with E-state index in [1.54, 1.807) is 0 Å². The number of hydrogen-bond acceptors (Lipinski definition) is 0. The van der Waals surface area contributed by atoms with Gasteiger partial charge in [-0.25, -0.2) is 0 Å². The van der Waals surface area contributed by atoms with E-state index in [0.717, 1.165) is 0 Å². The third kappa shape index (κ3) is 58.1. The third-order valence-corrected chi connectivity index (χ3v) is 0. The van der Waals surface area contributed by atoms with Crippen LogP contribution in [0.2, 0.25) is 0 Å². The van der Waals surface area contributed by atoms with E-state index in [2.05, 4.69) is 0 Å². The van der Waals surface area contributed by atoms with Gasteiger partial charge in [0.25, 0.3) is 0 Å². The van der Waals surface area contributed by atoms with Crippen molar-refractivity contribution < 1.29 is 119 Å². The van der Waals surface area contributed by atoms with Gasteiger partial charge in [-0.1, -0.05) is 0 Å². The Bertz CT molecular complexity index is 6.88. The Morgan fingerprint density at radius 2 is 0.222 bits per heavy atom. The van der Waals surface area contributed by atoms with Crippen LogP contribution in [0.3, 0.4) is 0 Å². The molecule has 0 aliphatic heterocycles. The Morgan fingerprint density at radius 1 is 0.222 bits per heavy atom. The topological polar surface area (TPSA) is 0 Å². The zero-order chi connectivity index (χ0) is 0. The molecule has 0 aromatic heterocycles. The molecule has 0 bridgehead atoms. The van der Waals surface area contributed by atoms with Crippen molar-refractivity contribution in [2.24, 2.45) is 0 Å². The summed E-state index contributed by atoms with van der Waals surface area (Å²) in [7, 11) is 0. The van der Waals surface area contributed by atoms with E-state index in [-0.39, 0.29) is 179 Å². The summed E-state index contributed by atoms with van der Waals surface area (Å²) in [6.07, 6.45) is 0. The van der Waals surface area contributed by atoms with Gasteiger partial charge in [0.1, 0.15) is 0 Å². The van der Waals surface area contributed by atoms with E-state index in [1.807, 2.05) is 0 Å². The molecule has 0 aliphatic rings. The average Bonchev–Trinajstić information content (AvgIpc) is 0. The van der Waals surface area contributed by atoms with Gasteiger partial charge in [0.05, 0.1) is 0 Å². The van der Waals surface area contributed by atoms with Crippen molar-refractivity contribution >= 4 is 59.1 Å². The normalized spacial score (nSPS) is 0. The summed E-state index contributed by atoms with van der Waals surface area (Å²) in [6.45, 7) is 0. The van der Waals surface area contributed by atoms with E-state index in [4.69, 9.17) is 0 Å². The van der Waals surface area contributed by atoms with Crippen LogP contribution in [0.15, 0.2) is 0 Å². The van der Waals surface area contributed by atoms with Crippen LogP contribution in [0.25, 0.3) is 0 Å². The standard InChI is InChI=1S/7Mn.2Na.2H. The quantitative estimate of drug-likeness (QED) is 0.417. The molecule has 0 spiro atoms. The zero-order valence-corrected chi connectivity index (χ0v) is 10.9. The summed E-state index contributed by atoms with van der Waals surface area (Å²) in [5.74, 6) is 0. The van der Waals surface area contributed by atoms with Crippen molar-refractivity contribution in [2.75, 3.05) is 0 Å².